The van der Waals surface area contributed by atoms with Crippen molar-refractivity contribution in [1.29, 1.82) is 0 Å². The molecule has 0 saturated carbocycles. The third kappa shape index (κ3) is 1.85. The Morgan fingerprint density at radius 3 is 2.68 bits per heavy atom. The lowest BCUT2D eigenvalue weighted by Gasteiger charge is -2.07. The average molecular weight is 253 g/mol. The van der Waals surface area contributed by atoms with Gasteiger partial charge in [-0.15, -0.1) is 0 Å². The molecule has 1 aromatic carbocycles. The maximum absolute atomic E-state index is 5.41. The molecule has 19 heavy (non-hydrogen) atoms. The summed E-state index contributed by atoms with van der Waals surface area (Å²) >= 11 is 0. The van der Waals surface area contributed by atoms with Gasteiger partial charge in [0.25, 0.3) is 0 Å². The Morgan fingerprint density at radius 2 is 1.89 bits per heavy atom. The zero-order valence-electron chi connectivity index (χ0n) is 11.2. The molecule has 0 atom stereocenters. The summed E-state index contributed by atoms with van der Waals surface area (Å²) in [5.41, 5.74) is 4.93. The molecule has 3 rings (SSSR count). The van der Waals surface area contributed by atoms with Crippen LogP contribution in [0.2, 0.25) is 0 Å². The van der Waals surface area contributed by atoms with Gasteiger partial charge in [-0.3, -0.25) is 0 Å². The molecule has 4 heteroatoms. The summed E-state index contributed by atoms with van der Waals surface area (Å²) in [6.07, 6.45) is 1.84. The fourth-order valence-corrected chi connectivity index (χ4v) is 2.33. The molecular weight excluding hydrogens is 238 g/mol. The molecule has 96 valence electrons. The van der Waals surface area contributed by atoms with Gasteiger partial charge in [0.1, 0.15) is 5.75 Å². The third-order valence-electron chi connectivity index (χ3n) is 3.18. The average Bonchev–Trinajstić information content (AvgIpc) is 2.82. The van der Waals surface area contributed by atoms with Gasteiger partial charge in [0.15, 0.2) is 5.65 Å². The van der Waals surface area contributed by atoms with Crippen LogP contribution < -0.4 is 4.74 Å². The minimum Gasteiger partial charge on any atom is -0.496 e. The first-order valence-corrected chi connectivity index (χ1v) is 6.16. The summed E-state index contributed by atoms with van der Waals surface area (Å²) in [4.78, 5) is 4.59. The van der Waals surface area contributed by atoms with E-state index in [0.717, 1.165) is 33.9 Å². The van der Waals surface area contributed by atoms with E-state index in [4.69, 9.17) is 4.74 Å². The van der Waals surface area contributed by atoms with Crippen molar-refractivity contribution in [3.05, 3.63) is 47.9 Å². The Kier molecular flexibility index (Phi) is 2.71. The number of aryl methyl sites for hydroxylation is 2. The van der Waals surface area contributed by atoms with Crippen molar-refractivity contribution in [2.75, 3.05) is 7.11 Å². The summed E-state index contributed by atoms with van der Waals surface area (Å²) in [7, 11) is 1.68. The molecule has 2 aromatic heterocycles. The SMILES string of the molecule is COc1ccccc1-c1cnn2c(C)cc(C)nc12. The first-order valence-electron chi connectivity index (χ1n) is 6.16. The fourth-order valence-electron chi connectivity index (χ4n) is 2.33. The molecule has 0 amide bonds. The van der Waals surface area contributed by atoms with Gasteiger partial charge in [0.2, 0.25) is 0 Å². The quantitative estimate of drug-likeness (QED) is 0.704. The van der Waals surface area contributed by atoms with Crippen LogP contribution in [0.5, 0.6) is 5.75 Å². The smallest absolute Gasteiger partial charge is 0.163 e. The molecule has 2 heterocycles. The summed E-state index contributed by atoms with van der Waals surface area (Å²) in [6, 6.07) is 9.94. The number of aromatic nitrogens is 3. The predicted octanol–water partition coefficient (Wildman–Crippen LogP) is 3.02. The molecule has 0 aliphatic carbocycles. The summed E-state index contributed by atoms with van der Waals surface area (Å²) in [5, 5.41) is 4.41. The van der Waals surface area contributed by atoms with E-state index in [9.17, 15) is 0 Å². The third-order valence-corrected chi connectivity index (χ3v) is 3.18. The van der Waals surface area contributed by atoms with Crippen molar-refractivity contribution in [3.8, 4) is 16.9 Å². The van der Waals surface area contributed by atoms with Crippen LogP contribution in [0.4, 0.5) is 0 Å². The minimum absolute atomic E-state index is 0.832. The van der Waals surface area contributed by atoms with Gasteiger partial charge in [-0.05, 0) is 26.0 Å². The molecule has 0 saturated heterocycles. The van der Waals surface area contributed by atoms with E-state index in [1.54, 1.807) is 7.11 Å². The van der Waals surface area contributed by atoms with Crippen LogP contribution in [0, 0.1) is 13.8 Å². The molecule has 4 nitrogen and oxygen atoms in total. The molecule has 0 N–H and O–H groups in total. The van der Waals surface area contributed by atoms with Crippen molar-refractivity contribution in [3.63, 3.8) is 0 Å². The van der Waals surface area contributed by atoms with Crippen LogP contribution in [0.15, 0.2) is 36.5 Å². The zero-order valence-corrected chi connectivity index (χ0v) is 11.2. The minimum atomic E-state index is 0.832. The second-order valence-corrected chi connectivity index (χ2v) is 4.53. The number of methoxy groups -OCH3 is 1. The lowest BCUT2D eigenvalue weighted by Crippen LogP contribution is -1.97. The van der Waals surface area contributed by atoms with Gasteiger partial charge >= 0.3 is 0 Å². The highest BCUT2D eigenvalue weighted by Crippen LogP contribution is 2.32. The number of para-hydroxylation sites is 1. The van der Waals surface area contributed by atoms with E-state index in [2.05, 4.69) is 10.1 Å². The fraction of sp³-hybridized carbons (Fsp3) is 0.200. The van der Waals surface area contributed by atoms with Crippen molar-refractivity contribution in [1.82, 2.24) is 14.6 Å². The number of hydrogen-bond acceptors (Lipinski definition) is 3. The Labute approximate surface area is 111 Å². The second kappa shape index (κ2) is 4.39. The monoisotopic (exact) mass is 253 g/mol. The number of hydrogen-bond donors (Lipinski definition) is 0. The van der Waals surface area contributed by atoms with Crippen molar-refractivity contribution in [2.24, 2.45) is 0 Å². The van der Waals surface area contributed by atoms with Gasteiger partial charge in [-0.25, -0.2) is 9.50 Å². The number of fused-ring (bicyclic) bond motifs is 1. The van der Waals surface area contributed by atoms with Crippen molar-refractivity contribution >= 4 is 5.65 Å². The Balaban J connectivity index is 2.31. The van der Waals surface area contributed by atoms with Crippen LogP contribution in [0.1, 0.15) is 11.4 Å². The Bertz CT molecular complexity index is 746. The van der Waals surface area contributed by atoms with E-state index in [-0.39, 0.29) is 0 Å². The molecule has 0 bridgehead atoms. The highest BCUT2D eigenvalue weighted by Gasteiger charge is 2.13. The molecule has 0 aliphatic rings. The van der Waals surface area contributed by atoms with E-state index < -0.39 is 0 Å². The lowest BCUT2D eigenvalue weighted by atomic mass is 10.1. The number of nitrogens with zero attached hydrogens (tertiary/aromatic N) is 3. The first kappa shape index (κ1) is 11.7. The van der Waals surface area contributed by atoms with E-state index in [1.165, 1.54) is 0 Å². The molecule has 0 unspecified atom stereocenters. The van der Waals surface area contributed by atoms with Crippen molar-refractivity contribution < 1.29 is 4.74 Å². The van der Waals surface area contributed by atoms with Crippen LogP contribution in [-0.4, -0.2) is 21.7 Å². The summed E-state index contributed by atoms with van der Waals surface area (Å²) in [5.74, 6) is 0.832. The highest BCUT2D eigenvalue weighted by molar-refractivity contribution is 5.81. The van der Waals surface area contributed by atoms with Crippen LogP contribution >= 0.6 is 0 Å². The normalized spacial score (nSPS) is 10.9. The highest BCUT2D eigenvalue weighted by atomic mass is 16.5. The predicted molar refractivity (Wildman–Crippen MR) is 74.4 cm³/mol. The van der Waals surface area contributed by atoms with Crippen LogP contribution in [-0.2, 0) is 0 Å². The van der Waals surface area contributed by atoms with Gasteiger partial charge in [-0.2, -0.15) is 5.10 Å². The molecular formula is C15H15N3O. The summed E-state index contributed by atoms with van der Waals surface area (Å²) in [6.45, 7) is 4.02. The van der Waals surface area contributed by atoms with Crippen molar-refractivity contribution in [2.45, 2.75) is 13.8 Å². The van der Waals surface area contributed by atoms with Crippen LogP contribution in [0.3, 0.4) is 0 Å². The number of benzene rings is 1. The zero-order chi connectivity index (χ0) is 13.4. The first-order chi connectivity index (χ1) is 9.20. The largest absolute Gasteiger partial charge is 0.496 e. The molecule has 0 radical (unpaired) electrons. The Morgan fingerprint density at radius 1 is 1.11 bits per heavy atom. The number of rotatable bonds is 2. The Hall–Kier alpha value is -2.36. The lowest BCUT2D eigenvalue weighted by molar-refractivity contribution is 0.416. The molecule has 0 fully saturated rings. The maximum atomic E-state index is 5.41. The molecule has 0 aliphatic heterocycles. The van der Waals surface area contributed by atoms with Gasteiger partial charge in [0.05, 0.1) is 18.9 Å². The molecule has 0 spiro atoms. The number of ether oxygens (including phenoxy) is 1. The van der Waals surface area contributed by atoms with Gasteiger partial charge in [0, 0.05) is 17.0 Å². The topological polar surface area (TPSA) is 39.4 Å². The molecule has 3 aromatic rings. The van der Waals surface area contributed by atoms with Gasteiger partial charge < -0.3 is 4.74 Å². The van der Waals surface area contributed by atoms with E-state index in [0.29, 0.717) is 0 Å². The van der Waals surface area contributed by atoms with E-state index >= 15 is 0 Å². The van der Waals surface area contributed by atoms with Crippen LogP contribution in [0.25, 0.3) is 16.8 Å². The van der Waals surface area contributed by atoms with Gasteiger partial charge in [-0.1, -0.05) is 18.2 Å². The second-order valence-electron chi connectivity index (χ2n) is 4.53. The summed E-state index contributed by atoms with van der Waals surface area (Å²) < 4.78 is 7.27. The maximum Gasteiger partial charge on any atom is 0.163 e. The van der Waals surface area contributed by atoms with E-state index in [1.807, 2.05) is 54.9 Å². The standard InChI is InChI=1S/C15H15N3O/c1-10-8-11(2)18-15(17-10)13(9-16-18)12-6-4-5-7-14(12)19-3/h4-9H,1-3H3.